The number of methoxy groups -OCH3 is 1. The van der Waals surface area contributed by atoms with E-state index in [9.17, 15) is 4.79 Å². The molecule has 156 valence electrons. The fourth-order valence-corrected chi connectivity index (χ4v) is 3.80. The summed E-state index contributed by atoms with van der Waals surface area (Å²) in [7, 11) is 1.63. The Balaban J connectivity index is 1.79. The van der Waals surface area contributed by atoms with Crippen LogP contribution in [0.1, 0.15) is 18.1 Å². The van der Waals surface area contributed by atoms with E-state index >= 15 is 0 Å². The van der Waals surface area contributed by atoms with Gasteiger partial charge in [-0.2, -0.15) is 0 Å². The van der Waals surface area contributed by atoms with Crippen LogP contribution in [-0.2, 0) is 11.3 Å². The summed E-state index contributed by atoms with van der Waals surface area (Å²) >= 11 is 1.38. The number of carbonyl (C=O) groups is 1. The highest BCUT2D eigenvalue weighted by Crippen LogP contribution is 2.29. The van der Waals surface area contributed by atoms with E-state index < -0.39 is 0 Å². The van der Waals surface area contributed by atoms with Gasteiger partial charge in [-0.15, -0.1) is 16.8 Å². The zero-order valence-electron chi connectivity index (χ0n) is 17.7. The smallest absolute Gasteiger partial charge is 0.237 e. The van der Waals surface area contributed by atoms with E-state index in [2.05, 4.69) is 22.1 Å². The third-order valence-corrected chi connectivity index (χ3v) is 5.76. The van der Waals surface area contributed by atoms with Crippen LogP contribution in [0.25, 0.3) is 11.4 Å². The predicted molar refractivity (Wildman–Crippen MR) is 122 cm³/mol. The van der Waals surface area contributed by atoms with E-state index in [1.54, 1.807) is 13.2 Å². The molecule has 0 saturated heterocycles. The summed E-state index contributed by atoms with van der Waals surface area (Å²) in [6.07, 6.45) is 1.79. The largest absolute Gasteiger partial charge is 0.497 e. The van der Waals surface area contributed by atoms with Gasteiger partial charge in [0.2, 0.25) is 5.91 Å². The molecule has 2 aromatic carbocycles. The minimum Gasteiger partial charge on any atom is -0.497 e. The molecule has 0 radical (unpaired) electrons. The van der Waals surface area contributed by atoms with E-state index in [1.807, 2.05) is 67.8 Å². The number of thioether (sulfide) groups is 1. The fraction of sp³-hybridized carbons (Fsp3) is 0.261. The van der Waals surface area contributed by atoms with Gasteiger partial charge in [0, 0.05) is 17.8 Å². The molecule has 1 N–H and O–H groups in total. The number of allylic oxidation sites excluding steroid dienone is 1. The molecule has 7 heteroatoms. The van der Waals surface area contributed by atoms with Crippen molar-refractivity contribution in [3.63, 3.8) is 0 Å². The molecule has 0 fully saturated rings. The SMILES string of the molecule is C=CCn1c(S[C@@H](C)C(=O)Nc2cc(C)ccc2C)nnc1-c1ccc(OC)cc1. The number of nitrogens with zero attached hydrogens (tertiary/aromatic N) is 3. The number of aryl methyl sites for hydroxylation is 2. The van der Waals surface area contributed by atoms with Crippen molar-refractivity contribution in [2.75, 3.05) is 12.4 Å². The van der Waals surface area contributed by atoms with Gasteiger partial charge in [-0.25, -0.2) is 0 Å². The first-order valence-corrected chi connectivity index (χ1v) is 10.5. The van der Waals surface area contributed by atoms with E-state index in [0.29, 0.717) is 11.7 Å². The zero-order valence-corrected chi connectivity index (χ0v) is 18.5. The molecular weight excluding hydrogens is 396 g/mol. The van der Waals surface area contributed by atoms with Crippen LogP contribution < -0.4 is 10.1 Å². The third-order valence-electron chi connectivity index (χ3n) is 4.68. The molecular formula is C23H26N4O2S. The molecule has 0 aliphatic rings. The Kier molecular flexibility index (Phi) is 6.95. The molecule has 6 nitrogen and oxygen atoms in total. The number of ether oxygens (including phenoxy) is 1. The van der Waals surface area contributed by atoms with Crippen LogP contribution in [0.15, 0.2) is 60.3 Å². The van der Waals surface area contributed by atoms with Crippen molar-refractivity contribution >= 4 is 23.4 Å². The first-order valence-electron chi connectivity index (χ1n) is 9.66. The van der Waals surface area contributed by atoms with Crippen LogP contribution in [0.3, 0.4) is 0 Å². The van der Waals surface area contributed by atoms with Gasteiger partial charge in [-0.1, -0.05) is 30.0 Å². The molecule has 3 aromatic rings. The van der Waals surface area contributed by atoms with Crippen molar-refractivity contribution in [2.45, 2.75) is 37.7 Å². The first-order chi connectivity index (χ1) is 14.4. The molecule has 1 amide bonds. The van der Waals surface area contributed by atoms with E-state index in [1.165, 1.54) is 11.8 Å². The minimum absolute atomic E-state index is 0.0761. The van der Waals surface area contributed by atoms with Gasteiger partial charge < -0.3 is 10.1 Å². The molecule has 0 spiro atoms. The maximum Gasteiger partial charge on any atom is 0.237 e. The molecule has 0 unspecified atom stereocenters. The number of rotatable bonds is 8. The Labute approximate surface area is 181 Å². The highest BCUT2D eigenvalue weighted by Gasteiger charge is 2.21. The Morgan fingerprint density at radius 1 is 1.23 bits per heavy atom. The lowest BCUT2D eigenvalue weighted by Gasteiger charge is -2.14. The monoisotopic (exact) mass is 422 g/mol. The number of hydrogen-bond donors (Lipinski definition) is 1. The fourth-order valence-electron chi connectivity index (χ4n) is 2.94. The number of aromatic nitrogens is 3. The molecule has 3 rings (SSSR count). The lowest BCUT2D eigenvalue weighted by atomic mass is 10.1. The summed E-state index contributed by atoms with van der Waals surface area (Å²) in [5, 5.41) is 12.0. The van der Waals surface area contributed by atoms with Crippen LogP contribution in [-0.4, -0.2) is 33.0 Å². The molecule has 0 bridgehead atoms. The van der Waals surface area contributed by atoms with Crippen molar-refractivity contribution < 1.29 is 9.53 Å². The first kappa shape index (κ1) is 21.6. The second-order valence-electron chi connectivity index (χ2n) is 7.00. The summed E-state index contributed by atoms with van der Waals surface area (Å²) in [4.78, 5) is 12.8. The number of carbonyl (C=O) groups excluding carboxylic acids is 1. The van der Waals surface area contributed by atoms with Crippen molar-refractivity contribution in [3.05, 3.63) is 66.2 Å². The molecule has 1 heterocycles. The summed E-state index contributed by atoms with van der Waals surface area (Å²) in [5.74, 6) is 1.43. The minimum atomic E-state index is -0.346. The summed E-state index contributed by atoms with van der Waals surface area (Å²) < 4.78 is 7.18. The Morgan fingerprint density at radius 2 is 1.97 bits per heavy atom. The van der Waals surface area contributed by atoms with Crippen LogP contribution in [0, 0.1) is 13.8 Å². The summed E-state index contributed by atoms with van der Waals surface area (Å²) in [6.45, 7) is 10.2. The number of benzene rings is 2. The van der Waals surface area contributed by atoms with Crippen LogP contribution >= 0.6 is 11.8 Å². The molecule has 0 aliphatic heterocycles. The number of amides is 1. The van der Waals surface area contributed by atoms with Crippen LogP contribution in [0.5, 0.6) is 5.75 Å². The second kappa shape index (κ2) is 9.63. The Hall–Kier alpha value is -3.06. The Bertz CT molecular complexity index is 1040. The van der Waals surface area contributed by atoms with Crippen LogP contribution in [0.4, 0.5) is 5.69 Å². The normalized spacial score (nSPS) is 11.7. The molecule has 0 aliphatic carbocycles. The summed E-state index contributed by atoms with van der Waals surface area (Å²) in [5.41, 5.74) is 3.89. The third kappa shape index (κ3) is 4.91. The topological polar surface area (TPSA) is 69.0 Å². The Morgan fingerprint density at radius 3 is 2.63 bits per heavy atom. The van der Waals surface area contributed by atoms with E-state index in [0.717, 1.165) is 34.0 Å². The van der Waals surface area contributed by atoms with Gasteiger partial charge in [0.1, 0.15) is 5.75 Å². The maximum absolute atomic E-state index is 12.8. The average Bonchev–Trinajstić information content (AvgIpc) is 3.13. The standard InChI is InChI=1S/C23H26N4O2S/c1-6-13-27-21(18-9-11-19(29-5)12-10-18)25-26-23(27)30-17(4)22(28)24-20-14-15(2)7-8-16(20)3/h6-12,14,17H,1,13H2,2-5H3,(H,24,28)/t17-/m0/s1. The molecule has 1 atom stereocenters. The highest BCUT2D eigenvalue weighted by molar-refractivity contribution is 8.00. The van der Waals surface area contributed by atoms with E-state index in [4.69, 9.17) is 4.74 Å². The average molecular weight is 423 g/mol. The van der Waals surface area contributed by atoms with E-state index in [-0.39, 0.29) is 11.2 Å². The van der Waals surface area contributed by atoms with Crippen molar-refractivity contribution in [1.82, 2.24) is 14.8 Å². The summed E-state index contributed by atoms with van der Waals surface area (Å²) in [6, 6.07) is 13.7. The van der Waals surface area contributed by atoms with Gasteiger partial charge in [-0.05, 0) is 62.2 Å². The molecule has 0 saturated carbocycles. The molecule has 1 aromatic heterocycles. The maximum atomic E-state index is 12.8. The highest BCUT2D eigenvalue weighted by atomic mass is 32.2. The van der Waals surface area contributed by atoms with Gasteiger partial charge in [0.05, 0.1) is 12.4 Å². The quantitative estimate of drug-likeness (QED) is 0.414. The van der Waals surface area contributed by atoms with Gasteiger partial charge in [0.15, 0.2) is 11.0 Å². The van der Waals surface area contributed by atoms with Gasteiger partial charge in [-0.3, -0.25) is 9.36 Å². The number of anilines is 1. The number of hydrogen-bond acceptors (Lipinski definition) is 5. The zero-order chi connectivity index (χ0) is 21.7. The van der Waals surface area contributed by atoms with Crippen molar-refractivity contribution in [1.29, 1.82) is 0 Å². The number of nitrogens with one attached hydrogen (secondary N) is 1. The second-order valence-corrected chi connectivity index (χ2v) is 8.31. The molecule has 30 heavy (non-hydrogen) atoms. The lowest BCUT2D eigenvalue weighted by Crippen LogP contribution is -2.23. The van der Waals surface area contributed by atoms with Crippen molar-refractivity contribution in [3.8, 4) is 17.1 Å². The predicted octanol–water partition coefficient (Wildman–Crippen LogP) is 4.88. The van der Waals surface area contributed by atoms with Crippen LogP contribution in [0.2, 0.25) is 0 Å². The van der Waals surface area contributed by atoms with Gasteiger partial charge >= 0.3 is 0 Å². The van der Waals surface area contributed by atoms with Crippen molar-refractivity contribution in [2.24, 2.45) is 0 Å². The lowest BCUT2D eigenvalue weighted by molar-refractivity contribution is -0.115. The van der Waals surface area contributed by atoms with Gasteiger partial charge in [0.25, 0.3) is 0 Å².